The van der Waals surface area contributed by atoms with Gasteiger partial charge in [0.1, 0.15) is 5.82 Å². The fraction of sp³-hybridized carbons (Fsp3) is 0.278. The molecule has 0 aliphatic heterocycles. The van der Waals surface area contributed by atoms with Crippen molar-refractivity contribution in [2.45, 2.75) is 11.3 Å². The van der Waals surface area contributed by atoms with E-state index in [4.69, 9.17) is 21.1 Å². The van der Waals surface area contributed by atoms with Gasteiger partial charge in [0.05, 0.1) is 19.2 Å². The number of nitrogens with one attached hydrogen (secondary N) is 1. The highest BCUT2D eigenvalue weighted by atomic mass is 35.5. The Hall–Kier alpha value is -1.92. The summed E-state index contributed by atoms with van der Waals surface area (Å²) in [6, 6.07) is 9.49. The van der Waals surface area contributed by atoms with E-state index in [2.05, 4.69) is 5.32 Å². The number of rotatable bonds is 8. The predicted molar refractivity (Wildman–Crippen MR) is 98.6 cm³/mol. The van der Waals surface area contributed by atoms with Crippen LogP contribution in [0.5, 0.6) is 11.5 Å². The molecule has 0 heterocycles. The number of carbonyl (C=O) groups is 1. The first-order valence-corrected chi connectivity index (χ1v) is 8.99. The van der Waals surface area contributed by atoms with Gasteiger partial charge in [0.25, 0.3) is 5.91 Å². The lowest BCUT2D eigenvalue weighted by Crippen LogP contribution is -2.24. The second-order valence-electron chi connectivity index (χ2n) is 5.11. The van der Waals surface area contributed by atoms with Crippen molar-refractivity contribution in [2.24, 2.45) is 0 Å². The summed E-state index contributed by atoms with van der Waals surface area (Å²) in [5.41, 5.74) is 0.411. The maximum atomic E-state index is 12.8. The molecule has 25 heavy (non-hydrogen) atoms. The van der Waals surface area contributed by atoms with E-state index in [1.54, 1.807) is 36.0 Å². The standard InChI is InChI=1S/C18H19ClFNO3S/c1-23-16-11-12(10-15(19)17(16)24-2)18(22)21-8-3-9-25-14-6-4-13(20)5-7-14/h4-7,10-11H,3,8-9H2,1-2H3,(H,21,22). The summed E-state index contributed by atoms with van der Waals surface area (Å²) < 4.78 is 23.2. The predicted octanol–water partition coefficient (Wildman–Crippen LogP) is 4.41. The summed E-state index contributed by atoms with van der Waals surface area (Å²) in [4.78, 5) is 13.2. The molecule has 0 saturated heterocycles. The van der Waals surface area contributed by atoms with Crippen molar-refractivity contribution < 1.29 is 18.7 Å². The summed E-state index contributed by atoms with van der Waals surface area (Å²) in [5.74, 6) is 1.15. The molecule has 0 aromatic heterocycles. The van der Waals surface area contributed by atoms with E-state index in [9.17, 15) is 9.18 Å². The average molecular weight is 384 g/mol. The van der Waals surface area contributed by atoms with Gasteiger partial charge in [0, 0.05) is 17.0 Å². The largest absolute Gasteiger partial charge is 0.493 e. The maximum absolute atomic E-state index is 12.8. The lowest BCUT2D eigenvalue weighted by molar-refractivity contribution is 0.0953. The van der Waals surface area contributed by atoms with E-state index in [1.807, 2.05) is 0 Å². The molecule has 134 valence electrons. The number of ether oxygens (including phenoxy) is 2. The van der Waals surface area contributed by atoms with E-state index in [1.165, 1.54) is 26.4 Å². The number of hydrogen-bond donors (Lipinski definition) is 1. The SMILES string of the molecule is COc1cc(C(=O)NCCCSc2ccc(F)cc2)cc(Cl)c1OC. The second kappa shape index (κ2) is 9.53. The smallest absolute Gasteiger partial charge is 0.251 e. The summed E-state index contributed by atoms with van der Waals surface area (Å²) in [6.07, 6.45) is 0.787. The minimum atomic E-state index is -0.245. The van der Waals surface area contributed by atoms with Gasteiger partial charge >= 0.3 is 0 Å². The minimum absolute atomic E-state index is 0.227. The van der Waals surface area contributed by atoms with Crippen molar-refractivity contribution in [3.8, 4) is 11.5 Å². The maximum Gasteiger partial charge on any atom is 0.251 e. The van der Waals surface area contributed by atoms with Crippen LogP contribution >= 0.6 is 23.4 Å². The number of benzene rings is 2. The Morgan fingerprint density at radius 2 is 1.92 bits per heavy atom. The minimum Gasteiger partial charge on any atom is -0.493 e. The quantitative estimate of drug-likeness (QED) is 0.542. The van der Waals surface area contributed by atoms with E-state index >= 15 is 0 Å². The highest BCUT2D eigenvalue weighted by Crippen LogP contribution is 2.35. The van der Waals surface area contributed by atoms with Crippen molar-refractivity contribution in [3.05, 3.63) is 52.8 Å². The van der Waals surface area contributed by atoms with Crippen molar-refractivity contribution in [1.82, 2.24) is 5.32 Å². The normalized spacial score (nSPS) is 10.4. The van der Waals surface area contributed by atoms with Gasteiger partial charge in [-0.05, 0) is 48.6 Å². The van der Waals surface area contributed by atoms with Crippen LogP contribution in [0.4, 0.5) is 4.39 Å². The monoisotopic (exact) mass is 383 g/mol. The zero-order chi connectivity index (χ0) is 18.2. The van der Waals surface area contributed by atoms with Crippen molar-refractivity contribution >= 4 is 29.3 Å². The molecule has 7 heteroatoms. The third kappa shape index (κ3) is 5.54. The first kappa shape index (κ1) is 19.4. The zero-order valence-electron chi connectivity index (χ0n) is 14.0. The molecule has 4 nitrogen and oxygen atoms in total. The van der Waals surface area contributed by atoms with Gasteiger partial charge in [-0.15, -0.1) is 11.8 Å². The Morgan fingerprint density at radius 3 is 2.56 bits per heavy atom. The summed E-state index contributed by atoms with van der Waals surface area (Å²) in [5, 5.41) is 3.16. The molecule has 0 atom stereocenters. The summed E-state index contributed by atoms with van der Waals surface area (Å²) in [6.45, 7) is 0.527. The molecule has 2 aromatic rings. The van der Waals surface area contributed by atoms with Crippen LogP contribution in [-0.4, -0.2) is 32.4 Å². The molecule has 0 fully saturated rings. The number of amides is 1. The van der Waals surface area contributed by atoms with Crippen LogP contribution in [0, 0.1) is 5.82 Å². The van der Waals surface area contributed by atoms with Gasteiger partial charge in [-0.3, -0.25) is 4.79 Å². The van der Waals surface area contributed by atoms with Crippen LogP contribution < -0.4 is 14.8 Å². The number of methoxy groups -OCH3 is 2. The third-order valence-corrected chi connectivity index (χ3v) is 4.76. The highest BCUT2D eigenvalue weighted by molar-refractivity contribution is 7.99. The van der Waals surface area contributed by atoms with E-state index < -0.39 is 0 Å². The first-order chi connectivity index (χ1) is 12.0. The van der Waals surface area contributed by atoms with Gasteiger partial charge in [0.2, 0.25) is 0 Å². The second-order valence-corrected chi connectivity index (χ2v) is 6.68. The zero-order valence-corrected chi connectivity index (χ0v) is 15.5. The molecule has 0 spiro atoms. The Labute approximate surface area is 155 Å². The number of hydrogen-bond acceptors (Lipinski definition) is 4. The molecular weight excluding hydrogens is 365 g/mol. The van der Waals surface area contributed by atoms with Gasteiger partial charge in [-0.25, -0.2) is 4.39 Å². The van der Waals surface area contributed by atoms with E-state index in [-0.39, 0.29) is 11.7 Å². The molecular formula is C18H19ClFNO3S. The van der Waals surface area contributed by atoms with Crippen molar-refractivity contribution in [1.29, 1.82) is 0 Å². The fourth-order valence-electron chi connectivity index (χ4n) is 2.15. The lowest BCUT2D eigenvalue weighted by atomic mass is 10.2. The fourth-order valence-corrected chi connectivity index (χ4v) is 3.29. The van der Waals surface area contributed by atoms with Crippen molar-refractivity contribution in [2.75, 3.05) is 26.5 Å². The Balaban J connectivity index is 1.82. The van der Waals surface area contributed by atoms with Crippen molar-refractivity contribution in [3.63, 3.8) is 0 Å². The van der Waals surface area contributed by atoms with Gasteiger partial charge in [-0.2, -0.15) is 0 Å². The van der Waals surface area contributed by atoms with Gasteiger partial charge in [-0.1, -0.05) is 11.6 Å². The molecule has 0 aliphatic carbocycles. The van der Waals surface area contributed by atoms with Crippen LogP contribution in [0.3, 0.4) is 0 Å². The van der Waals surface area contributed by atoms with E-state index in [0.29, 0.717) is 28.6 Å². The number of carbonyl (C=O) groups excluding carboxylic acids is 1. The molecule has 0 bridgehead atoms. The average Bonchev–Trinajstić information content (AvgIpc) is 2.62. The highest BCUT2D eigenvalue weighted by Gasteiger charge is 2.14. The van der Waals surface area contributed by atoms with Gasteiger partial charge < -0.3 is 14.8 Å². The Bertz CT molecular complexity index is 725. The topological polar surface area (TPSA) is 47.6 Å². The van der Waals surface area contributed by atoms with E-state index in [0.717, 1.165) is 17.1 Å². The van der Waals surface area contributed by atoms with Crippen LogP contribution in [0.1, 0.15) is 16.8 Å². The Morgan fingerprint density at radius 1 is 1.20 bits per heavy atom. The molecule has 0 aliphatic rings. The molecule has 2 rings (SSSR count). The first-order valence-electron chi connectivity index (χ1n) is 7.63. The van der Waals surface area contributed by atoms with Crippen LogP contribution in [0.2, 0.25) is 5.02 Å². The van der Waals surface area contributed by atoms with Gasteiger partial charge in [0.15, 0.2) is 11.5 Å². The van der Waals surface area contributed by atoms with Crippen LogP contribution in [0.25, 0.3) is 0 Å². The number of halogens is 2. The Kier molecular flexibility index (Phi) is 7.40. The molecule has 2 aromatic carbocycles. The summed E-state index contributed by atoms with van der Waals surface area (Å²) >= 11 is 7.72. The van der Waals surface area contributed by atoms with Crippen LogP contribution in [0.15, 0.2) is 41.3 Å². The summed E-state index contributed by atoms with van der Waals surface area (Å²) in [7, 11) is 2.98. The molecule has 0 radical (unpaired) electrons. The molecule has 1 N–H and O–H groups in total. The van der Waals surface area contributed by atoms with Crippen LogP contribution in [-0.2, 0) is 0 Å². The molecule has 0 unspecified atom stereocenters. The third-order valence-electron chi connectivity index (χ3n) is 3.38. The lowest BCUT2D eigenvalue weighted by Gasteiger charge is -2.12. The number of thioether (sulfide) groups is 1. The molecule has 1 amide bonds. The molecule has 0 saturated carbocycles.